The third-order valence-electron chi connectivity index (χ3n) is 9.79. The van der Waals surface area contributed by atoms with Crippen molar-refractivity contribution < 1.29 is 20.1 Å². The lowest BCUT2D eigenvalue weighted by molar-refractivity contribution is -0.178. The topological polar surface area (TPSA) is 77.8 Å². The second-order valence-corrected chi connectivity index (χ2v) is 10.5. The first kappa shape index (κ1) is 18.9. The number of carbonyl (C=O) groups is 1. The maximum Gasteiger partial charge on any atom is 0.190 e. The fraction of sp³-hybridized carbons (Fsp3) is 0.955. The van der Waals surface area contributed by atoms with Crippen molar-refractivity contribution in [3.63, 3.8) is 0 Å². The molecule has 0 bridgehead atoms. The van der Waals surface area contributed by atoms with E-state index in [0.29, 0.717) is 29.1 Å². The predicted octanol–water partition coefficient (Wildman–Crippen LogP) is 2.93. The SMILES string of the molecule is C[C@@H]1C[C@@H]2[C@@H]3CC[C@@H]4C[C@H](O)CC[C@]4(C)[C@@H]3CC[C@@]2(C)[C@@]1(O)C(=O)CO. The molecular formula is C22H36O4. The number of hydrogen-bond acceptors (Lipinski definition) is 4. The zero-order chi connectivity index (χ0) is 18.9. The van der Waals surface area contributed by atoms with Crippen molar-refractivity contribution in [1.29, 1.82) is 0 Å². The Morgan fingerprint density at radius 3 is 2.46 bits per heavy atom. The Morgan fingerprint density at radius 2 is 1.77 bits per heavy atom. The molecule has 0 aliphatic heterocycles. The van der Waals surface area contributed by atoms with Gasteiger partial charge in [-0.05, 0) is 86.4 Å². The van der Waals surface area contributed by atoms with Crippen molar-refractivity contribution in [1.82, 2.24) is 0 Å². The number of Topliss-reactive ketones (excluding diaryl/α,β-unsaturated/α-hetero) is 1. The van der Waals surface area contributed by atoms with Crippen LogP contribution in [0.25, 0.3) is 0 Å². The summed E-state index contributed by atoms with van der Waals surface area (Å²) in [5.74, 6) is 1.72. The average molecular weight is 365 g/mol. The Morgan fingerprint density at radius 1 is 1.04 bits per heavy atom. The molecule has 4 fully saturated rings. The van der Waals surface area contributed by atoms with E-state index in [1.807, 2.05) is 6.92 Å². The van der Waals surface area contributed by atoms with E-state index in [1.54, 1.807) is 0 Å². The van der Waals surface area contributed by atoms with Crippen LogP contribution >= 0.6 is 0 Å². The molecule has 0 unspecified atom stereocenters. The first-order chi connectivity index (χ1) is 12.2. The molecule has 0 aromatic heterocycles. The second-order valence-electron chi connectivity index (χ2n) is 10.5. The standard InChI is InChI=1S/C22H36O4/c1-13-10-18-16-5-4-14-11-15(24)6-8-20(14,2)17(16)7-9-21(18,3)22(13,26)19(25)12-23/h13-18,23-24,26H,4-12H2,1-3H3/t13-,14-,15-,16-,17-,18-,20+,21-,22+/m1/s1. The minimum Gasteiger partial charge on any atom is -0.393 e. The van der Waals surface area contributed by atoms with E-state index in [9.17, 15) is 20.1 Å². The van der Waals surface area contributed by atoms with Gasteiger partial charge in [0.1, 0.15) is 12.2 Å². The van der Waals surface area contributed by atoms with Crippen LogP contribution in [-0.2, 0) is 4.79 Å². The molecule has 148 valence electrons. The molecule has 4 heteroatoms. The normalized spacial score (nSPS) is 56.4. The van der Waals surface area contributed by atoms with Gasteiger partial charge in [0, 0.05) is 5.41 Å². The van der Waals surface area contributed by atoms with Gasteiger partial charge >= 0.3 is 0 Å². The van der Waals surface area contributed by atoms with Gasteiger partial charge in [0.2, 0.25) is 0 Å². The van der Waals surface area contributed by atoms with Gasteiger partial charge in [-0.1, -0.05) is 20.8 Å². The Hall–Kier alpha value is -0.450. The molecule has 4 rings (SSSR count). The summed E-state index contributed by atoms with van der Waals surface area (Å²) in [5.41, 5.74) is -1.49. The maximum absolute atomic E-state index is 12.6. The quantitative estimate of drug-likeness (QED) is 0.704. The lowest BCUT2D eigenvalue weighted by Gasteiger charge is -2.61. The summed E-state index contributed by atoms with van der Waals surface area (Å²) < 4.78 is 0. The largest absolute Gasteiger partial charge is 0.393 e. The van der Waals surface area contributed by atoms with Gasteiger partial charge in [-0.2, -0.15) is 0 Å². The summed E-state index contributed by atoms with van der Waals surface area (Å²) in [6.45, 7) is 6.00. The number of aliphatic hydroxyl groups excluding tert-OH is 2. The monoisotopic (exact) mass is 364 g/mol. The Balaban J connectivity index is 1.67. The van der Waals surface area contributed by atoms with Crippen LogP contribution in [0.5, 0.6) is 0 Å². The number of hydrogen-bond donors (Lipinski definition) is 3. The lowest BCUT2D eigenvalue weighted by Crippen LogP contribution is -2.60. The van der Waals surface area contributed by atoms with Crippen molar-refractivity contribution in [2.24, 2.45) is 40.4 Å². The van der Waals surface area contributed by atoms with Crippen molar-refractivity contribution in [3.05, 3.63) is 0 Å². The van der Waals surface area contributed by atoms with Gasteiger partial charge in [-0.25, -0.2) is 0 Å². The van der Waals surface area contributed by atoms with Crippen molar-refractivity contribution in [2.75, 3.05) is 6.61 Å². The van der Waals surface area contributed by atoms with Gasteiger partial charge in [0.05, 0.1) is 6.10 Å². The first-order valence-corrected chi connectivity index (χ1v) is 10.7. The summed E-state index contributed by atoms with van der Waals surface area (Å²) >= 11 is 0. The third-order valence-corrected chi connectivity index (χ3v) is 9.79. The maximum atomic E-state index is 12.6. The van der Waals surface area contributed by atoms with E-state index in [4.69, 9.17) is 0 Å². The van der Waals surface area contributed by atoms with E-state index in [-0.39, 0.29) is 17.8 Å². The minimum atomic E-state index is -1.38. The fourth-order valence-corrected chi connectivity index (χ4v) is 8.29. The van der Waals surface area contributed by atoms with Crippen molar-refractivity contribution in [3.8, 4) is 0 Å². The van der Waals surface area contributed by atoms with Gasteiger partial charge < -0.3 is 15.3 Å². The van der Waals surface area contributed by atoms with Crippen LogP contribution in [0, 0.1) is 40.4 Å². The summed E-state index contributed by atoms with van der Waals surface area (Å²) in [5, 5.41) is 31.1. The number of aliphatic hydroxyl groups is 3. The molecule has 26 heavy (non-hydrogen) atoms. The predicted molar refractivity (Wildman–Crippen MR) is 99.3 cm³/mol. The zero-order valence-corrected chi connectivity index (χ0v) is 16.6. The molecule has 4 nitrogen and oxygen atoms in total. The highest BCUT2D eigenvalue weighted by atomic mass is 16.3. The van der Waals surface area contributed by atoms with Gasteiger partial charge in [-0.3, -0.25) is 4.79 Å². The Labute approximate surface area is 157 Å². The van der Waals surface area contributed by atoms with Crippen LogP contribution in [0.3, 0.4) is 0 Å². The van der Waals surface area contributed by atoms with Crippen LogP contribution < -0.4 is 0 Å². The fourth-order valence-electron chi connectivity index (χ4n) is 8.29. The summed E-state index contributed by atoms with van der Waals surface area (Å²) in [4.78, 5) is 12.6. The highest BCUT2D eigenvalue weighted by Gasteiger charge is 2.68. The molecule has 0 spiro atoms. The summed E-state index contributed by atoms with van der Waals surface area (Å²) in [7, 11) is 0. The highest BCUT2D eigenvalue weighted by molar-refractivity contribution is 5.89. The molecule has 0 amide bonds. The van der Waals surface area contributed by atoms with Crippen LogP contribution in [0.2, 0.25) is 0 Å². The Bertz CT molecular complexity index is 591. The third kappa shape index (κ3) is 2.21. The summed E-state index contributed by atoms with van der Waals surface area (Å²) in [6.07, 6.45) is 8.01. The molecule has 9 atom stereocenters. The Kier molecular flexibility index (Phi) is 4.38. The van der Waals surface area contributed by atoms with E-state index in [2.05, 4.69) is 13.8 Å². The lowest BCUT2D eigenvalue weighted by atomic mass is 9.44. The number of carbonyl (C=O) groups excluding carboxylic acids is 1. The smallest absolute Gasteiger partial charge is 0.190 e. The number of ketones is 1. The molecule has 0 aromatic rings. The van der Waals surface area contributed by atoms with E-state index in [0.717, 1.165) is 44.9 Å². The molecular weight excluding hydrogens is 328 g/mol. The first-order valence-electron chi connectivity index (χ1n) is 10.7. The van der Waals surface area contributed by atoms with Gasteiger partial charge in [-0.15, -0.1) is 0 Å². The van der Waals surface area contributed by atoms with Crippen molar-refractivity contribution >= 4 is 5.78 Å². The van der Waals surface area contributed by atoms with Gasteiger partial charge in [0.25, 0.3) is 0 Å². The summed E-state index contributed by atoms with van der Waals surface area (Å²) in [6, 6.07) is 0. The van der Waals surface area contributed by atoms with Gasteiger partial charge in [0.15, 0.2) is 5.78 Å². The highest BCUT2D eigenvalue weighted by Crippen LogP contribution is 2.69. The molecule has 4 saturated carbocycles. The minimum absolute atomic E-state index is 0.0883. The van der Waals surface area contributed by atoms with Crippen LogP contribution in [0.15, 0.2) is 0 Å². The van der Waals surface area contributed by atoms with Crippen LogP contribution in [0.4, 0.5) is 0 Å². The molecule has 0 aromatic carbocycles. The van der Waals surface area contributed by atoms with Crippen LogP contribution in [0.1, 0.15) is 72.1 Å². The van der Waals surface area contributed by atoms with Crippen LogP contribution in [-0.4, -0.2) is 39.4 Å². The second kappa shape index (κ2) is 6.02. The number of rotatable bonds is 2. The van der Waals surface area contributed by atoms with Crippen molar-refractivity contribution in [2.45, 2.75) is 83.8 Å². The molecule has 3 N–H and O–H groups in total. The molecule has 0 radical (unpaired) electrons. The van der Waals surface area contributed by atoms with E-state index in [1.165, 1.54) is 6.42 Å². The molecule has 4 aliphatic rings. The molecule has 0 saturated heterocycles. The van der Waals surface area contributed by atoms with E-state index < -0.39 is 17.6 Å². The zero-order valence-electron chi connectivity index (χ0n) is 16.6. The molecule has 4 aliphatic carbocycles. The molecule has 0 heterocycles. The van der Waals surface area contributed by atoms with E-state index >= 15 is 0 Å². The number of fused-ring (bicyclic) bond motifs is 5. The average Bonchev–Trinajstić information content (AvgIpc) is 2.83.